The summed E-state index contributed by atoms with van der Waals surface area (Å²) >= 11 is 0. The summed E-state index contributed by atoms with van der Waals surface area (Å²) in [5.41, 5.74) is 2.48. The largest absolute Gasteiger partial charge is 0.297 e. The highest BCUT2D eigenvalue weighted by Gasteiger charge is 2.22. The molecule has 1 aliphatic rings. The van der Waals surface area contributed by atoms with E-state index in [1.54, 1.807) is 0 Å². The van der Waals surface area contributed by atoms with Crippen LogP contribution in [0.15, 0.2) is 11.2 Å². The van der Waals surface area contributed by atoms with Gasteiger partial charge in [-0.15, -0.1) is 0 Å². The predicted molar refractivity (Wildman–Crippen MR) is 76.3 cm³/mol. The van der Waals surface area contributed by atoms with E-state index in [1.165, 1.54) is 36.9 Å². The lowest BCUT2D eigenvalue weighted by molar-refractivity contribution is 0.302. The van der Waals surface area contributed by atoms with Crippen LogP contribution in [0.25, 0.3) is 0 Å². The average molecular weight is 247 g/mol. The zero-order chi connectivity index (χ0) is 13.0. The third kappa shape index (κ3) is 3.21. The molecule has 0 amide bonds. The van der Waals surface area contributed by atoms with Crippen molar-refractivity contribution in [3.8, 4) is 0 Å². The molecule has 0 radical (unpaired) electrons. The second kappa shape index (κ2) is 6.17. The van der Waals surface area contributed by atoms with Crippen LogP contribution < -0.4 is 0 Å². The maximum absolute atomic E-state index is 4.62. The van der Waals surface area contributed by atoms with Gasteiger partial charge in [-0.3, -0.25) is 9.67 Å². The number of aromatic nitrogens is 2. The molecule has 0 atom stereocenters. The Balaban J connectivity index is 1.86. The second-order valence-electron chi connectivity index (χ2n) is 5.50. The molecule has 3 nitrogen and oxygen atoms in total. The van der Waals surface area contributed by atoms with Crippen LogP contribution in [0.1, 0.15) is 56.3 Å². The summed E-state index contributed by atoms with van der Waals surface area (Å²) < 4.78 is 2.18. The average Bonchev–Trinajstić information content (AvgIpc) is 2.71. The maximum atomic E-state index is 4.62. The first-order valence-corrected chi connectivity index (χ1v) is 7.23. The van der Waals surface area contributed by atoms with Crippen LogP contribution in [0.4, 0.5) is 0 Å². The summed E-state index contributed by atoms with van der Waals surface area (Å²) in [6.07, 6.45) is 10.5. The molecule has 2 rings (SSSR count). The van der Waals surface area contributed by atoms with E-state index in [-0.39, 0.29) is 0 Å². The molecule has 1 aliphatic carbocycles. The van der Waals surface area contributed by atoms with Gasteiger partial charge in [0.05, 0.1) is 11.7 Å². The third-order valence-electron chi connectivity index (χ3n) is 3.95. The first-order chi connectivity index (χ1) is 8.70. The van der Waals surface area contributed by atoms with Gasteiger partial charge in [-0.2, -0.15) is 5.10 Å². The van der Waals surface area contributed by atoms with Gasteiger partial charge in [-0.05, 0) is 57.4 Å². The minimum atomic E-state index is 0.605. The zero-order valence-electron chi connectivity index (χ0n) is 11.9. The number of rotatable bonds is 4. The van der Waals surface area contributed by atoms with Gasteiger partial charge >= 0.3 is 0 Å². The Bertz CT molecular complexity index is 378. The SMILES string of the molecule is CCCN=CC1CCC(n2cc(C)c(C)n2)CC1. The standard InChI is InChI=1S/C15H25N3/c1-4-9-16-10-14-5-7-15(8-6-14)18-11-12(2)13(3)17-18/h10-11,14-15H,4-9H2,1-3H3. The Hall–Kier alpha value is -1.12. The minimum absolute atomic E-state index is 0.605. The number of nitrogens with zero attached hydrogens (tertiary/aromatic N) is 3. The van der Waals surface area contributed by atoms with Crippen molar-refractivity contribution in [1.29, 1.82) is 0 Å². The molecule has 3 heteroatoms. The Kier molecular flexibility index (Phi) is 4.56. The fourth-order valence-electron chi connectivity index (χ4n) is 2.63. The molecule has 1 saturated carbocycles. The van der Waals surface area contributed by atoms with Gasteiger partial charge in [0.1, 0.15) is 0 Å². The van der Waals surface area contributed by atoms with E-state index in [9.17, 15) is 0 Å². The van der Waals surface area contributed by atoms with Crippen molar-refractivity contribution in [3.05, 3.63) is 17.5 Å². The summed E-state index contributed by atoms with van der Waals surface area (Å²) in [5.74, 6) is 0.700. The lowest BCUT2D eigenvalue weighted by Crippen LogP contribution is -2.19. The highest BCUT2D eigenvalue weighted by atomic mass is 15.3. The van der Waals surface area contributed by atoms with Gasteiger partial charge in [0.25, 0.3) is 0 Å². The van der Waals surface area contributed by atoms with Crippen LogP contribution >= 0.6 is 0 Å². The monoisotopic (exact) mass is 247 g/mol. The molecule has 0 spiro atoms. The third-order valence-corrected chi connectivity index (χ3v) is 3.95. The van der Waals surface area contributed by atoms with Crippen molar-refractivity contribution < 1.29 is 0 Å². The first kappa shape index (κ1) is 13.3. The molecule has 1 heterocycles. The van der Waals surface area contributed by atoms with Gasteiger partial charge in [-0.25, -0.2) is 0 Å². The molecular weight excluding hydrogens is 222 g/mol. The summed E-state index contributed by atoms with van der Waals surface area (Å²) in [5, 5.41) is 4.62. The van der Waals surface area contributed by atoms with Crippen LogP contribution in [0.2, 0.25) is 0 Å². The van der Waals surface area contributed by atoms with Crippen molar-refractivity contribution in [2.24, 2.45) is 10.9 Å². The van der Waals surface area contributed by atoms with Crippen molar-refractivity contribution in [1.82, 2.24) is 9.78 Å². The van der Waals surface area contributed by atoms with Crippen LogP contribution in [0.5, 0.6) is 0 Å². The van der Waals surface area contributed by atoms with Crippen LogP contribution in [-0.2, 0) is 0 Å². The quantitative estimate of drug-likeness (QED) is 0.746. The Morgan fingerprint density at radius 3 is 2.61 bits per heavy atom. The van der Waals surface area contributed by atoms with Gasteiger partial charge in [0, 0.05) is 19.0 Å². The number of aliphatic imine (C=N–C) groups is 1. The lowest BCUT2D eigenvalue weighted by atomic mass is 9.87. The van der Waals surface area contributed by atoms with Crippen molar-refractivity contribution >= 4 is 6.21 Å². The highest BCUT2D eigenvalue weighted by Crippen LogP contribution is 2.31. The second-order valence-corrected chi connectivity index (χ2v) is 5.50. The zero-order valence-corrected chi connectivity index (χ0v) is 11.9. The van der Waals surface area contributed by atoms with E-state index in [0.29, 0.717) is 12.0 Å². The summed E-state index contributed by atoms with van der Waals surface area (Å²) in [4.78, 5) is 4.48. The fraction of sp³-hybridized carbons (Fsp3) is 0.733. The van der Waals surface area contributed by atoms with Crippen LogP contribution in [0.3, 0.4) is 0 Å². The van der Waals surface area contributed by atoms with Crippen LogP contribution in [0, 0.1) is 19.8 Å². The Morgan fingerprint density at radius 2 is 2.06 bits per heavy atom. The molecule has 0 N–H and O–H groups in total. The molecule has 1 fully saturated rings. The lowest BCUT2D eigenvalue weighted by Gasteiger charge is -2.26. The maximum Gasteiger partial charge on any atom is 0.0622 e. The topological polar surface area (TPSA) is 30.2 Å². The van der Waals surface area contributed by atoms with Gasteiger partial charge < -0.3 is 0 Å². The van der Waals surface area contributed by atoms with E-state index in [1.807, 2.05) is 0 Å². The fourth-order valence-corrected chi connectivity index (χ4v) is 2.63. The Morgan fingerprint density at radius 1 is 1.33 bits per heavy atom. The van der Waals surface area contributed by atoms with E-state index in [4.69, 9.17) is 0 Å². The minimum Gasteiger partial charge on any atom is -0.297 e. The molecule has 1 aromatic rings. The van der Waals surface area contributed by atoms with Crippen LogP contribution in [-0.4, -0.2) is 22.5 Å². The predicted octanol–water partition coefficient (Wildman–Crippen LogP) is 3.71. The first-order valence-electron chi connectivity index (χ1n) is 7.23. The van der Waals surface area contributed by atoms with Crippen molar-refractivity contribution in [3.63, 3.8) is 0 Å². The molecule has 0 unspecified atom stereocenters. The van der Waals surface area contributed by atoms with Gasteiger partial charge in [0.15, 0.2) is 0 Å². The van der Waals surface area contributed by atoms with E-state index in [2.05, 4.69) is 48.0 Å². The molecule has 18 heavy (non-hydrogen) atoms. The summed E-state index contributed by atoms with van der Waals surface area (Å²) in [7, 11) is 0. The van der Waals surface area contributed by atoms with E-state index >= 15 is 0 Å². The summed E-state index contributed by atoms with van der Waals surface area (Å²) in [6.45, 7) is 7.39. The van der Waals surface area contributed by atoms with E-state index < -0.39 is 0 Å². The summed E-state index contributed by atoms with van der Waals surface area (Å²) in [6, 6.07) is 0.605. The van der Waals surface area contributed by atoms with Crippen molar-refractivity contribution in [2.75, 3.05) is 6.54 Å². The van der Waals surface area contributed by atoms with Gasteiger partial charge in [0.2, 0.25) is 0 Å². The van der Waals surface area contributed by atoms with E-state index in [0.717, 1.165) is 13.0 Å². The van der Waals surface area contributed by atoms with Gasteiger partial charge in [-0.1, -0.05) is 6.92 Å². The highest BCUT2D eigenvalue weighted by molar-refractivity contribution is 5.60. The number of hydrogen-bond donors (Lipinski definition) is 0. The smallest absolute Gasteiger partial charge is 0.0622 e. The molecular formula is C15H25N3. The van der Waals surface area contributed by atoms with Crippen molar-refractivity contribution in [2.45, 2.75) is 58.9 Å². The molecule has 0 aromatic carbocycles. The normalized spacial score (nSPS) is 24.8. The molecule has 0 aliphatic heterocycles. The molecule has 0 saturated heterocycles. The molecule has 1 aromatic heterocycles. The number of hydrogen-bond acceptors (Lipinski definition) is 2. The Labute approximate surface area is 110 Å². The number of aryl methyl sites for hydroxylation is 2. The molecule has 100 valence electrons. The molecule has 0 bridgehead atoms.